The molecule has 3 heterocycles. The smallest absolute Gasteiger partial charge is 0.303 e. The summed E-state index contributed by atoms with van der Waals surface area (Å²) in [6.45, 7) is 4.33. The predicted octanol–water partition coefficient (Wildman–Crippen LogP) is 1.82. The van der Waals surface area contributed by atoms with Crippen molar-refractivity contribution in [1.82, 2.24) is 19.5 Å². The molecule has 0 aliphatic carbocycles. The van der Waals surface area contributed by atoms with Crippen molar-refractivity contribution in [3.8, 4) is 0 Å². The number of rotatable bonds is 8. The fourth-order valence-electron chi connectivity index (χ4n) is 4.00. The molecule has 2 aromatic heterocycles. The van der Waals surface area contributed by atoms with Crippen molar-refractivity contribution in [2.45, 2.75) is 52.2 Å². The lowest BCUT2D eigenvalue weighted by molar-refractivity contribution is -0.166. The Morgan fingerprint density at radius 3 is 2.27 bits per heavy atom. The number of carbonyl (C=O) groups is 4. The molecule has 1 saturated heterocycles. The van der Waals surface area contributed by atoms with E-state index in [1.807, 2.05) is 0 Å². The number of aromatic nitrogens is 4. The Bertz CT molecular complexity index is 1530. The number of nitrogens with zero attached hydrogens (tertiary/aromatic N) is 5. The summed E-state index contributed by atoms with van der Waals surface area (Å²) in [6.07, 6.45) is -5.01. The molecule has 40 heavy (non-hydrogen) atoms. The number of imidazole rings is 1. The van der Waals surface area contributed by atoms with E-state index in [0.717, 1.165) is 13.8 Å². The maximum Gasteiger partial charge on any atom is 0.303 e. The largest absolute Gasteiger partial charge is 0.463 e. The molecule has 2 unspecified atom stereocenters. The number of amides is 1. The Balaban J connectivity index is 1.92. The number of carbonyl (C=O) groups excluding carboxylic acids is 4. The third kappa shape index (κ3) is 6.35. The lowest BCUT2D eigenvalue weighted by atomic mass is 10.1. The van der Waals surface area contributed by atoms with Crippen molar-refractivity contribution in [2.75, 3.05) is 11.9 Å². The Morgan fingerprint density at radius 1 is 0.975 bits per heavy atom. The van der Waals surface area contributed by atoms with Crippen molar-refractivity contribution in [2.24, 2.45) is 10.2 Å². The van der Waals surface area contributed by atoms with Crippen LogP contribution in [0.5, 0.6) is 0 Å². The van der Waals surface area contributed by atoms with Gasteiger partial charge in [-0.15, -0.1) is 10.2 Å². The van der Waals surface area contributed by atoms with Gasteiger partial charge < -0.3 is 18.9 Å². The monoisotopic (exact) mass is 555 g/mol. The molecule has 3 aromatic rings. The molecule has 0 bridgehead atoms. The molecule has 16 heteroatoms. The highest BCUT2D eigenvalue weighted by molar-refractivity contribution is 5.87. The molecule has 0 spiro atoms. The number of fused-ring (bicyclic) bond motifs is 1. The van der Waals surface area contributed by atoms with Gasteiger partial charge in [0.2, 0.25) is 11.9 Å². The predicted molar refractivity (Wildman–Crippen MR) is 135 cm³/mol. The first kappa shape index (κ1) is 28.0. The summed E-state index contributed by atoms with van der Waals surface area (Å²) >= 11 is 0. The van der Waals surface area contributed by atoms with Gasteiger partial charge in [0, 0.05) is 27.7 Å². The van der Waals surface area contributed by atoms with Crippen LogP contribution in [0.25, 0.3) is 11.2 Å². The second-order valence-electron chi connectivity index (χ2n) is 8.60. The number of azo groups is 1. The third-order valence-electron chi connectivity index (χ3n) is 5.43. The van der Waals surface area contributed by atoms with Gasteiger partial charge in [0.15, 0.2) is 29.6 Å². The van der Waals surface area contributed by atoms with E-state index in [0.29, 0.717) is 5.69 Å². The van der Waals surface area contributed by atoms with Gasteiger partial charge in [-0.3, -0.25) is 38.8 Å². The first-order valence-corrected chi connectivity index (χ1v) is 11.9. The van der Waals surface area contributed by atoms with Gasteiger partial charge in [-0.25, -0.2) is 4.98 Å². The van der Waals surface area contributed by atoms with E-state index in [9.17, 15) is 24.0 Å². The van der Waals surface area contributed by atoms with Crippen LogP contribution in [0.4, 0.5) is 17.6 Å². The van der Waals surface area contributed by atoms with Gasteiger partial charge in [-0.05, 0) is 12.1 Å². The average molecular weight is 556 g/mol. The maximum atomic E-state index is 12.9. The van der Waals surface area contributed by atoms with Crippen LogP contribution in [0.1, 0.15) is 33.9 Å². The average Bonchev–Trinajstić information content (AvgIpc) is 3.39. The number of H-pyrrole nitrogens is 1. The number of hydrogen-bond acceptors (Lipinski definition) is 13. The minimum absolute atomic E-state index is 0.119. The number of aromatic amines is 1. The normalized spacial score (nSPS) is 20.4. The molecule has 2 N–H and O–H groups in total. The van der Waals surface area contributed by atoms with Crippen LogP contribution >= 0.6 is 0 Å². The Morgan fingerprint density at radius 2 is 1.65 bits per heavy atom. The molecule has 1 aromatic carbocycles. The van der Waals surface area contributed by atoms with Crippen molar-refractivity contribution >= 4 is 52.6 Å². The van der Waals surface area contributed by atoms with Crippen LogP contribution in [0.2, 0.25) is 0 Å². The zero-order chi connectivity index (χ0) is 29.0. The van der Waals surface area contributed by atoms with Crippen LogP contribution in [0.3, 0.4) is 0 Å². The number of nitrogens with one attached hydrogen (secondary N) is 2. The number of ether oxygens (including phenoxy) is 4. The fraction of sp³-hybridized carbons (Fsp3) is 0.375. The first-order valence-electron chi connectivity index (χ1n) is 11.9. The summed E-state index contributed by atoms with van der Waals surface area (Å²) in [4.78, 5) is 71.1. The Labute approximate surface area is 225 Å². The number of anilines is 1. The summed E-state index contributed by atoms with van der Waals surface area (Å²) in [7, 11) is 0. The molecule has 1 aliphatic rings. The van der Waals surface area contributed by atoms with Crippen molar-refractivity contribution in [3.05, 3.63) is 40.7 Å². The molecular weight excluding hydrogens is 530 g/mol. The number of esters is 3. The molecule has 16 nitrogen and oxygen atoms in total. The molecular formula is C24H25N7O9. The van der Waals surface area contributed by atoms with E-state index in [2.05, 4.69) is 30.5 Å². The minimum Gasteiger partial charge on any atom is -0.463 e. The standard InChI is InChI=1S/C24H25N7O9/c1-11(32)25-23-27-20-17(21(36)28-23)26-24(30-29-15-8-6-5-7-9-15)31(20)22-19(39-14(4)35)18(38-13(3)34)16(40-22)10-37-12(2)33/h5-9,16,18-19,22H,10H2,1-4H3,(H2,25,27,28,32,36)/t16-,18?,19?,22-/m1/s1. The minimum atomic E-state index is -1.34. The summed E-state index contributed by atoms with van der Waals surface area (Å²) in [5, 5.41) is 10.7. The molecule has 1 amide bonds. The summed E-state index contributed by atoms with van der Waals surface area (Å²) < 4.78 is 23.3. The number of benzene rings is 1. The first-order chi connectivity index (χ1) is 19.0. The zero-order valence-corrected chi connectivity index (χ0v) is 21.8. The van der Waals surface area contributed by atoms with Gasteiger partial charge >= 0.3 is 17.9 Å². The van der Waals surface area contributed by atoms with Crippen LogP contribution in [0, 0.1) is 0 Å². The highest BCUT2D eigenvalue weighted by atomic mass is 16.7. The van der Waals surface area contributed by atoms with E-state index in [1.165, 1.54) is 18.4 Å². The number of hydrogen-bond donors (Lipinski definition) is 2. The lowest BCUT2D eigenvalue weighted by Crippen LogP contribution is -2.40. The van der Waals surface area contributed by atoms with Crippen LogP contribution < -0.4 is 10.9 Å². The van der Waals surface area contributed by atoms with Gasteiger partial charge in [-0.1, -0.05) is 18.2 Å². The summed E-state index contributed by atoms with van der Waals surface area (Å²) in [5.74, 6) is -2.99. The summed E-state index contributed by atoms with van der Waals surface area (Å²) in [5.41, 5.74) is -0.588. The third-order valence-corrected chi connectivity index (χ3v) is 5.43. The van der Waals surface area contributed by atoms with Gasteiger partial charge in [-0.2, -0.15) is 4.98 Å². The van der Waals surface area contributed by atoms with E-state index in [4.69, 9.17) is 18.9 Å². The summed E-state index contributed by atoms with van der Waals surface area (Å²) in [6, 6.07) is 8.62. The van der Waals surface area contributed by atoms with Gasteiger partial charge in [0.05, 0.1) is 5.69 Å². The molecule has 1 aliphatic heterocycles. The van der Waals surface area contributed by atoms with Crippen LogP contribution in [0.15, 0.2) is 45.4 Å². The van der Waals surface area contributed by atoms with Crippen LogP contribution in [-0.4, -0.2) is 68.3 Å². The highest BCUT2D eigenvalue weighted by Gasteiger charge is 2.52. The SMILES string of the molecule is CC(=O)Nc1nc2c(nc(N=Nc3ccccc3)n2[C@@H]2O[C@H](COC(C)=O)C(OC(C)=O)C2OC(C)=O)c(=O)[nH]1. The lowest BCUT2D eigenvalue weighted by Gasteiger charge is -2.24. The molecule has 1 fully saturated rings. The zero-order valence-electron chi connectivity index (χ0n) is 21.8. The molecule has 0 saturated carbocycles. The van der Waals surface area contributed by atoms with Gasteiger partial charge in [0.25, 0.3) is 11.5 Å². The van der Waals surface area contributed by atoms with Crippen molar-refractivity contribution in [3.63, 3.8) is 0 Å². The van der Waals surface area contributed by atoms with E-state index in [1.54, 1.807) is 30.3 Å². The molecule has 0 radical (unpaired) electrons. The highest BCUT2D eigenvalue weighted by Crippen LogP contribution is 2.38. The maximum absolute atomic E-state index is 12.9. The van der Waals surface area contributed by atoms with Crippen molar-refractivity contribution in [1.29, 1.82) is 0 Å². The molecule has 210 valence electrons. The Hall–Kier alpha value is -4.99. The fourth-order valence-corrected chi connectivity index (χ4v) is 4.00. The second-order valence-corrected chi connectivity index (χ2v) is 8.60. The van der Waals surface area contributed by atoms with E-state index in [-0.39, 0.29) is 29.7 Å². The Kier molecular flexibility index (Phi) is 8.28. The van der Waals surface area contributed by atoms with E-state index >= 15 is 0 Å². The molecule has 4 rings (SSSR count). The second kappa shape index (κ2) is 11.8. The van der Waals surface area contributed by atoms with Gasteiger partial charge in [0.1, 0.15) is 12.7 Å². The molecule has 4 atom stereocenters. The van der Waals surface area contributed by atoms with Crippen molar-refractivity contribution < 1.29 is 38.1 Å². The van der Waals surface area contributed by atoms with Crippen LogP contribution in [-0.2, 0) is 38.1 Å². The quantitative estimate of drug-likeness (QED) is 0.233. The topological polar surface area (TPSA) is 206 Å². The van der Waals surface area contributed by atoms with E-state index < -0.39 is 53.9 Å².